The van der Waals surface area contributed by atoms with E-state index in [0.717, 1.165) is 39.9 Å². The van der Waals surface area contributed by atoms with Crippen LogP contribution in [0.5, 0.6) is 11.8 Å². The Morgan fingerprint density at radius 1 is 0.806 bits per heavy atom. The van der Waals surface area contributed by atoms with Gasteiger partial charge in [-0.1, -0.05) is 76.6 Å². The normalized spacial score (nSPS) is 10.5. The fourth-order valence-electron chi connectivity index (χ4n) is 3.66. The molecule has 0 aliphatic carbocycles. The lowest BCUT2D eigenvalue weighted by Crippen LogP contribution is -2.22. The van der Waals surface area contributed by atoms with Gasteiger partial charge in [-0.05, 0) is 42.3 Å². The number of aromatic nitrogens is 1. The Balaban J connectivity index is 1.70. The molecule has 0 unspecified atom stereocenters. The summed E-state index contributed by atoms with van der Waals surface area (Å²) >= 11 is 3.55. The van der Waals surface area contributed by atoms with Crippen LogP contribution in [0.2, 0.25) is 0 Å². The fourth-order valence-corrected chi connectivity index (χ4v) is 4.01. The van der Waals surface area contributed by atoms with Crippen LogP contribution in [-0.2, 0) is 18.0 Å². The molecule has 0 spiro atoms. The number of ether oxygens (including phenoxy) is 2. The van der Waals surface area contributed by atoms with Gasteiger partial charge in [0.05, 0.1) is 11.4 Å². The molecule has 0 N–H and O–H groups in total. The summed E-state index contributed by atoms with van der Waals surface area (Å²) in [6.45, 7) is 3.52. The summed E-state index contributed by atoms with van der Waals surface area (Å²) in [7, 11) is 1.99. The van der Waals surface area contributed by atoms with Crippen LogP contribution in [-0.4, -0.2) is 25.0 Å². The first-order valence-electron chi connectivity index (χ1n) is 11.7. The average Bonchev–Trinajstić information content (AvgIpc) is 2.93. The first-order chi connectivity index (χ1) is 17.6. The van der Waals surface area contributed by atoms with Crippen LogP contribution >= 0.6 is 15.9 Å². The van der Waals surface area contributed by atoms with Crippen LogP contribution in [0, 0.1) is 0 Å². The van der Waals surface area contributed by atoms with Gasteiger partial charge in [0.1, 0.15) is 18.9 Å². The van der Waals surface area contributed by atoms with E-state index < -0.39 is 0 Å². The van der Waals surface area contributed by atoms with E-state index in [-0.39, 0.29) is 0 Å². The summed E-state index contributed by atoms with van der Waals surface area (Å²) in [5, 5.41) is 0. The van der Waals surface area contributed by atoms with Crippen molar-refractivity contribution in [1.29, 1.82) is 0 Å². The van der Waals surface area contributed by atoms with Crippen molar-refractivity contribution in [3.05, 3.63) is 107 Å². The minimum Gasteiger partial charge on any atom is -0.473 e. The van der Waals surface area contributed by atoms with Crippen LogP contribution < -0.4 is 19.3 Å². The van der Waals surface area contributed by atoms with E-state index in [1.54, 1.807) is 17.0 Å². The quantitative estimate of drug-likeness (QED) is 0.195. The maximum atomic E-state index is 12.5. The predicted octanol–water partition coefficient (Wildman–Crippen LogP) is 6.75. The second-order valence-corrected chi connectivity index (χ2v) is 9.06. The van der Waals surface area contributed by atoms with Crippen LogP contribution in [0.4, 0.5) is 17.1 Å². The monoisotopic (exact) mass is 545 g/mol. The first-order valence-corrected chi connectivity index (χ1v) is 12.5. The number of nitrogens with zero attached hydrogens (tertiary/aromatic N) is 3. The minimum absolute atomic E-state index is 0.303. The molecule has 0 aliphatic rings. The lowest BCUT2D eigenvalue weighted by atomic mass is 10.2. The smallest absolute Gasteiger partial charge is 0.242 e. The average molecular weight is 546 g/mol. The molecule has 0 aliphatic heterocycles. The summed E-state index contributed by atoms with van der Waals surface area (Å²) in [4.78, 5) is 20.7. The molecule has 0 saturated heterocycles. The van der Waals surface area contributed by atoms with Gasteiger partial charge in [-0.3, -0.25) is 9.69 Å². The molecule has 184 valence electrons. The van der Waals surface area contributed by atoms with Gasteiger partial charge >= 0.3 is 0 Å². The highest BCUT2D eigenvalue weighted by molar-refractivity contribution is 9.10. The molecule has 0 saturated carbocycles. The summed E-state index contributed by atoms with van der Waals surface area (Å²) in [5.74, 6) is 0.725. The first kappa shape index (κ1) is 25.3. The van der Waals surface area contributed by atoms with Crippen molar-refractivity contribution in [2.24, 2.45) is 0 Å². The van der Waals surface area contributed by atoms with E-state index in [9.17, 15) is 4.79 Å². The molecule has 0 atom stereocenters. The predicted molar refractivity (Wildman–Crippen MR) is 147 cm³/mol. The van der Waals surface area contributed by atoms with Crippen molar-refractivity contribution in [3.63, 3.8) is 0 Å². The zero-order valence-corrected chi connectivity index (χ0v) is 21.9. The summed E-state index contributed by atoms with van der Waals surface area (Å²) in [6.07, 6.45) is 0.785. The second-order valence-electron chi connectivity index (χ2n) is 8.14. The van der Waals surface area contributed by atoms with Gasteiger partial charge in [0.15, 0.2) is 0 Å². The van der Waals surface area contributed by atoms with E-state index in [4.69, 9.17) is 9.47 Å². The maximum Gasteiger partial charge on any atom is 0.242 e. The van der Waals surface area contributed by atoms with Crippen molar-refractivity contribution >= 4 is 39.4 Å². The summed E-state index contributed by atoms with van der Waals surface area (Å²) < 4.78 is 13.0. The number of halogens is 1. The number of rotatable bonds is 11. The minimum atomic E-state index is 0.303. The highest BCUT2D eigenvalue weighted by Gasteiger charge is 2.21. The number of carbonyl (C=O) groups excluding carboxylic acids is 1. The van der Waals surface area contributed by atoms with E-state index in [2.05, 4.69) is 32.7 Å². The summed E-state index contributed by atoms with van der Waals surface area (Å²) in [5.41, 5.74) is 4.18. The van der Waals surface area contributed by atoms with Gasteiger partial charge in [-0.15, -0.1) is 0 Å². The molecule has 7 heteroatoms. The molecule has 1 aromatic heterocycles. The number of amides is 1. The third-order valence-corrected chi connectivity index (χ3v) is 6.20. The molecular weight excluding hydrogens is 518 g/mol. The molecule has 0 radical (unpaired) electrons. The number of hydrogen-bond donors (Lipinski definition) is 0. The molecule has 36 heavy (non-hydrogen) atoms. The number of carbonyl (C=O) groups is 1. The molecule has 4 aromatic rings. The summed E-state index contributed by atoms with van der Waals surface area (Å²) in [6, 6.07) is 29.1. The van der Waals surface area contributed by atoms with E-state index >= 15 is 0 Å². The van der Waals surface area contributed by atoms with Gasteiger partial charge in [0, 0.05) is 24.1 Å². The third-order valence-electron chi connectivity index (χ3n) is 5.71. The Morgan fingerprint density at radius 2 is 1.42 bits per heavy atom. The zero-order chi connectivity index (χ0) is 25.3. The number of hydrogen-bond acceptors (Lipinski definition) is 5. The molecular formula is C29H28BrN3O3. The van der Waals surface area contributed by atoms with Crippen molar-refractivity contribution in [3.8, 4) is 11.8 Å². The van der Waals surface area contributed by atoms with Gasteiger partial charge in [0.25, 0.3) is 0 Å². The van der Waals surface area contributed by atoms with Crippen molar-refractivity contribution in [2.45, 2.75) is 20.1 Å². The standard InChI is InChI=1S/C29H28BrN3O3/c1-3-32(2)27-18-24(30)14-15-25(27)33(21-34)26-16-17-28(35-19-22-10-6-4-7-11-22)31-29(26)36-20-23-12-8-5-9-13-23/h4-18,21H,3,19-20H2,1-2H3. The Hall–Kier alpha value is -3.84. The van der Waals surface area contributed by atoms with E-state index in [1.807, 2.05) is 85.9 Å². The molecule has 3 aromatic carbocycles. The molecule has 0 fully saturated rings. The van der Waals surface area contributed by atoms with Crippen LogP contribution in [0.25, 0.3) is 0 Å². The molecule has 4 rings (SSSR count). The number of pyridine rings is 1. The van der Waals surface area contributed by atoms with Gasteiger partial charge in [0.2, 0.25) is 18.2 Å². The maximum absolute atomic E-state index is 12.5. The number of benzene rings is 3. The van der Waals surface area contributed by atoms with Crippen molar-refractivity contribution in [1.82, 2.24) is 4.98 Å². The third kappa shape index (κ3) is 6.23. The van der Waals surface area contributed by atoms with Crippen LogP contribution in [0.1, 0.15) is 18.1 Å². The van der Waals surface area contributed by atoms with Gasteiger partial charge < -0.3 is 14.4 Å². The Morgan fingerprint density at radius 3 is 2.03 bits per heavy atom. The highest BCUT2D eigenvalue weighted by Crippen LogP contribution is 2.39. The second kappa shape index (κ2) is 12.2. The molecule has 6 nitrogen and oxygen atoms in total. The van der Waals surface area contributed by atoms with Crippen molar-refractivity contribution in [2.75, 3.05) is 23.4 Å². The number of anilines is 3. The van der Waals surface area contributed by atoms with E-state index in [0.29, 0.717) is 30.7 Å². The Kier molecular flexibility index (Phi) is 8.57. The fraction of sp³-hybridized carbons (Fsp3) is 0.172. The van der Waals surface area contributed by atoms with Gasteiger partial charge in [-0.2, -0.15) is 4.98 Å². The zero-order valence-electron chi connectivity index (χ0n) is 20.3. The Labute approximate surface area is 220 Å². The largest absolute Gasteiger partial charge is 0.473 e. The Bertz CT molecular complexity index is 1290. The highest BCUT2D eigenvalue weighted by atomic mass is 79.9. The van der Waals surface area contributed by atoms with E-state index in [1.165, 1.54) is 0 Å². The van der Waals surface area contributed by atoms with Gasteiger partial charge in [-0.25, -0.2) is 0 Å². The topological polar surface area (TPSA) is 54.9 Å². The van der Waals surface area contributed by atoms with Crippen LogP contribution in [0.3, 0.4) is 0 Å². The lowest BCUT2D eigenvalue weighted by Gasteiger charge is -2.27. The molecule has 1 amide bonds. The molecule has 0 bridgehead atoms. The van der Waals surface area contributed by atoms with Crippen LogP contribution in [0.15, 0.2) is 95.5 Å². The van der Waals surface area contributed by atoms with Crippen molar-refractivity contribution < 1.29 is 14.3 Å². The molecule has 1 heterocycles. The SMILES string of the molecule is CCN(C)c1cc(Br)ccc1N(C=O)c1ccc(OCc2ccccc2)nc1OCc1ccccc1. The lowest BCUT2D eigenvalue weighted by molar-refractivity contribution is -0.106.